The first-order valence-electron chi connectivity index (χ1n) is 4.31. The molecule has 0 radical (unpaired) electrons. The number of carboxylic acids is 1. The molecule has 0 atom stereocenters. The normalized spacial score (nSPS) is 9.80. The van der Waals surface area contributed by atoms with Crippen molar-refractivity contribution < 1.29 is 9.90 Å². The Balaban J connectivity index is 2.83. The second-order valence-corrected chi connectivity index (χ2v) is 3.10. The first-order chi connectivity index (χ1) is 7.22. The predicted molar refractivity (Wildman–Crippen MR) is 53.0 cm³/mol. The number of carbonyl (C=O) groups is 1. The van der Waals surface area contributed by atoms with Gasteiger partial charge < -0.3 is 9.90 Å². The summed E-state index contributed by atoms with van der Waals surface area (Å²) in [5.74, 6) is -1.24. The van der Waals surface area contributed by atoms with E-state index < -0.39 is 5.97 Å². The lowest BCUT2D eigenvalue weighted by Gasteiger charge is -2.05. The van der Waals surface area contributed by atoms with E-state index in [2.05, 4.69) is 4.98 Å². The Morgan fingerprint density at radius 2 is 2.07 bits per heavy atom. The number of diazo groups is 1. The van der Waals surface area contributed by atoms with Gasteiger partial charge in [-0.05, 0) is 16.8 Å². The van der Waals surface area contributed by atoms with Gasteiger partial charge in [-0.1, -0.05) is 18.2 Å². The Bertz CT molecular complexity index is 585. The summed E-state index contributed by atoms with van der Waals surface area (Å²) in [5.41, 5.74) is 0.411. The van der Waals surface area contributed by atoms with Crippen LogP contribution in [0.2, 0.25) is 0 Å². The second-order valence-electron chi connectivity index (χ2n) is 3.10. The first-order valence-corrected chi connectivity index (χ1v) is 4.31. The summed E-state index contributed by atoms with van der Waals surface area (Å²) < 4.78 is 0. The molecular weight excluding hydrogens is 192 g/mol. The molecule has 0 unspecified atom stereocenters. The van der Waals surface area contributed by atoms with Crippen LogP contribution in [-0.2, 0) is 0 Å². The number of carbonyl (C=O) groups excluding carboxylic acids is 1. The summed E-state index contributed by atoms with van der Waals surface area (Å²) in [7, 11) is 0. The van der Waals surface area contributed by atoms with Crippen molar-refractivity contribution in [3.63, 3.8) is 0 Å². The molecule has 0 aliphatic carbocycles. The number of hydrogen-bond acceptors (Lipinski definition) is 3. The van der Waals surface area contributed by atoms with Crippen LogP contribution < -0.4 is 5.11 Å². The molecular formula is C11H6N2O2. The van der Waals surface area contributed by atoms with Crippen molar-refractivity contribution in [1.29, 1.82) is 5.39 Å². The van der Waals surface area contributed by atoms with Gasteiger partial charge in [0.05, 0.1) is 5.97 Å². The van der Waals surface area contributed by atoms with Crippen LogP contribution in [0.15, 0.2) is 36.4 Å². The summed E-state index contributed by atoms with van der Waals surface area (Å²) in [6, 6.07) is 9.67. The topological polar surface area (TPSA) is 68.3 Å². The lowest BCUT2D eigenvalue weighted by atomic mass is 10.0. The van der Waals surface area contributed by atoms with Crippen LogP contribution in [0.3, 0.4) is 0 Å². The molecule has 0 amide bonds. The molecule has 0 saturated heterocycles. The molecule has 2 aromatic rings. The summed E-state index contributed by atoms with van der Waals surface area (Å²) in [6.45, 7) is 0. The van der Waals surface area contributed by atoms with Crippen molar-refractivity contribution in [3.05, 3.63) is 46.9 Å². The maximum absolute atomic E-state index is 10.8. The quantitative estimate of drug-likeness (QED) is 0.654. The molecule has 0 aliphatic rings. The van der Waals surface area contributed by atoms with E-state index in [9.17, 15) is 9.90 Å². The largest absolute Gasteiger partial charge is 0.545 e. The summed E-state index contributed by atoms with van der Waals surface area (Å²) in [4.78, 5) is 13.8. The number of hydrogen-bond donors (Lipinski definition) is 0. The van der Waals surface area contributed by atoms with Crippen molar-refractivity contribution in [2.45, 2.75) is 0 Å². The molecule has 0 aromatic heterocycles. The van der Waals surface area contributed by atoms with E-state index in [4.69, 9.17) is 5.39 Å². The van der Waals surface area contributed by atoms with E-state index >= 15 is 0 Å². The minimum atomic E-state index is -1.24. The van der Waals surface area contributed by atoms with Gasteiger partial charge in [0, 0.05) is 17.7 Å². The number of nitrogens with zero attached hydrogens (tertiary/aromatic N) is 2. The van der Waals surface area contributed by atoms with Crippen molar-refractivity contribution in [2.24, 2.45) is 0 Å². The molecule has 2 rings (SSSR count). The fourth-order valence-electron chi connectivity index (χ4n) is 1.50. The Kier molecular flexibility index (Phi) is 2.07. The molecule has 15 heavy (non-hydrogen) atoms. The Morgan fingerprint density at radius 3 is 2.73 bits per heavy atom. The summed E-state index contributed by atoms with van der Waals surface area (Å²) in [5, 5.41) is 20.7. The molecule has 0 N–H and O–H groups in total. The van der Waals surface area contributed by atoms with Crippen LogP contribution in [0, 0.1) is 5.39 Å². The average Bonchev–Trinajstić information content (AvgIpc) is 2.27. The molecule has 0 spiro atoms. The number of benzene rings is 2. The minimum absolute atomic E-state index is 0.0954. The number of fused-ring (bicyclic) bond motifs is 1. The zero-order valence-corrected chi connectivity index (χ0v) is 7.68. The highest BCUT2D eigenvalue weighted by Gasteiger charge is 2.08. The van der Waals surface area contributed by atoms with Gasteiger partial charge in [0.25, 0.3) is 0 Å². The van der Waals surface area contributed by atoms with E-state index in [0.717, 1.165) is 5.39 Å². The molecule has 4 heteroatoms. The fraction of sp³-hybridized carbons (Fsp3) is 0. The van der Waals surface area contributed by atoms with Crippen molar-refractivity contribution in [2.75, 3.05) is 0 Å². The second kappa shape index (κ2) is 3.39. The fourth-order valence-corrected chi connectivity index (χ4v) is 1.50. The monoisotopic (exact) mass is 198 g/mol. The molecule has 0 fully saturated rings. The van der Waals surface area contributed by atoms with Crippen molar-refractivity contribution in [1.82, 2.24) is 0 Å². The van der Waals surface area contributed by atoms with Crippen LogP contribution in [0.4, 0.5) is 5.69 Å². The van der Waals surface area contributed by atoms with E-state index in [1.807, 2.05) is 0 Å². The van der Waals surface area contributed by atoms with E-state index in [0.29, 0.717) is 11.1 Å². The lowest BCUT2D eigenvalue weighted by molar-refractivity contribution is -0.254. The zero-order chi connectivity index (χ0) is 10.8. The Hall–Kier alpha value is -2.41. The third kappa shape index (κ3) is 1.51. The molecule has 0 saturated carbocycles. The Morgan fingerprint density at radius 1 is 1.27 bits per heavy atom. The van der Waals surface area contributed by atoms with Gasteiger partial charge >= 0.3 is 5.69 Å². The van der Waals surface area contributed by atoms with Gasteiger partial charge in [-0.3, -0.25) is 0 Å². The maximum atomic E-state index is 10.8. The molecule has 0 aliphatic heterocycles. The molecule has 2 aromatic carbocycles. The first kappa shape index (κ1) is 9.16. The van der Waals surface area contributed by atoms with E-state index in [1.54, 1.807) is 24.3 Å². The highest BCUT2D eigenvalue weighted by molar-refractivity contribution is 6.03. The highest BCUT2D eigenvalue weighted by Crippen LogP contribution is 2.23. The van der Waals surface area contributed by atoms with Gasteiger partial charge in [-0.25, -0.2) is 0 Å². The van der Waals surface area contributed by atoms with Crippen LogP contribution in [0.5, 0.6) is 0 Å². The smallest absolute Gasteiger partial charge is 0.385 e. The van der Waals surface area contributed by atoms with Crippen LogP contribution in [0.1, 0.15) is 10.4 Å². The molecule has 4 nitrogen and oxygen atoms in total. The highest BCUT2D eigenvalue weighted by atomic mass is 16.4. The third-order valence-electron chi connectivity index (χ3n) is 2.20. The number of rotatable bonds is 1. The molecule has 0 bridgehead atoms. The van der Waals surface area contributed by atoms with Crippen molar-refractivity contribution >= 4 is 22.4 Å². The van der Waals surface area contributed by atoms with Crippen LogP contribution >= 0.6 is 0 Å². The summed E-state index contributed by atoms with van der Waals surface area (Å²) in [6.07, 6.45) is 0. The zero-order valence-electron chi connectivity index (χ0n) is 7.68. The number of aromatic carboxylic acids is 1. The average molecular weight is 198 g/mol. The standard InChI is InChI=1S/C11H6N2O2/c12-13-8-5-4-7-2-1-3-9(11(14)15)10(7)6-8/h1-6H. The Labute approximate surface area is 85.4 Å². The van der Waals surface area contributed by atoms with E-state index in [-0.39, 0.29) is 5.56 Å². The summed E-state index contributed by atoms with van der Waals surface area (Å²) >= 11 is 0. The molecule has 72 valence electrons. The van der Waals surface area contributed by atoms with E-state index in [1.165, 1.54) is 12.1 Å². The van der Waals surface area contributed by atoms with Crippen molar-refractivity contribution in [3.8, 4) is 0 Å². The minimum Gasteiger partial charge on any atom is -0.545 e. The predicted octanol–water partition coefficient (Wildman–Crippen LogP) is 1.69. The van der Waals surface area contributed by atoms with Gasteiger partial charge in [-0.2, -0.15) is 0 Å². The van der Waals surface area contributed by atoms with Gasteiger partial charge in [0.1, 0.15) is 0 Å². The third-order valence-corrected chi connectivity index (χ3v) is 2.20. The van der Waals surface area contributed by atoms with Crippen LogP contribution in [0.25, 0.3) is 15.7 Å². The number of carboxylic acid groups (broad SMARTS) is 1. The SMILES string of the molecule is N#[N+]c1ccc2cccc(C(=O)[O-])c2c1. The lowest BCUT2D eigenvalue weighted by Crippen LogP contribution is -2.22. The van der Waals surface area contributed by atoms with Gasteiger partial charge in [0.2, 0.25) is 5.39 Å². The maximum Gasteiger partial charge on any atom is 0.385 e. The molecule has 0 heterocycles. The van der Waals surface area contributed by atoms with Crippen LogP contribution in [-0.4, -0.2) is 5.97 Å². The van der Waals surface area contributed by atoms with Gasteiger partial charge in [-0.15, -0.1) is 0 Å². The van der Waals surface area contributed by atoms with Gasteiger partial charge in [0.15, 0.2) is 4.98 Å².